The Morgan fingerprint density at radius 3 is 2.25 bits per heavy atom. The van der Waals surface area contributed by atoms with Gasteiger partial charge in [0.05, 0.1) is 0 Å². The lowest BCUT2D eigenvalue weighted by atomic mass is 9.93. The molecule has 2 N–H and O–H groups in total. The number of primary amides is 1. The Kier molecular flexibility index (Phi) is 4.01. The van der Waals surface area contributed by atoms with Gasteiger partial charge in [0.2, 0.25) is 6.30 Å². The van der Waals surface area contributed by atoms with Gasteiger partial charge in [-0.05, 0) is 19.8 Å². The van der Waals surface area contributed by atoms with Crippen LogP contribution in [0.25, 0.3) is 0 Å². The number of alkyl halides is 3. The van der Waals surface area contributed by atoms with Crippen molar-refractivity contribution >= 4 is 6.09 Å². The minimum atomic E-state index is -3.01. The third kappa shape index (κ3) is 3.26. The Morgan fingerprint density at radius 1 is 1.38 bits per heavy atom. The first-order valence-electron chi connectivity index (χ1n) is 4.99. The third-order valence-electron chi connectivity index (χ3n) is 2.76. The molecule has 1 atom stereocenters. The lowest BCUT2D eigenvalue weighted by molar-refractivity contribution is -0.0901. The van der Waals surface area contributed by atoms with Gasteiger partial charge in [0.25, 0.3) is 6.43 Å². The summed E-state index contributed by atoms with van der Waals surface area (Å²) in [6.45, 7) is 1.90. The van der Waals surface area contributed by atoms with E-state index < -0.39 is 24.4 Å². The Balaban J connectivity index is 2.47. The average molecular weight is 240 g/mol. The van der Waals surface area contributed by atoms with Crippen LogP contribution in [0, 0.1) is 0 Å². The van der Waals surface area contributed by atoms with Crippen LogP contribution in [-0.4, -0.2) is 42.4 Å². The van der Waals surface area contributed by atoms with Gasteiger partial charge in [-0.15, -0.1) is 0 Å². The van der Waals surface area contributed by atoms with Crippen LogP contribution in [-0.2, 0) is 4.74 Å². The second-order valence-corrected chi connectivity index (χ2v) is 4.11. The first kappa shape index (κ1) is 13.1. The van der Waals surface area contributed by atoms with Crippen molar-refractivity contribution in [2.75, 3.05) is 13.1 Å². The number of halogens is 3. The van der Waals surface area contributed by atoms with Gasteiger partial charge < -0.3 is 10.5 Å². The zero-order chi connectivity index (χ0) is 12.3. The molecule has 4 nitrogen and oxygen atoms in total. The van der Waals surface area contributed by atoms with E-state index >= 15 is 0 Å². The van der Waals surface area contributed by atoms with Crippen molar-refractivity contribution in [1.29, 1.82) is 0 Å². The number of hydrogen-bond acceptors (Lipinski definition) is 3. The fraction of sp³-hybridized carbons (Fsp3) is 0.889. The normalized spacial score (nSPS) is 23.1. The van der Waals surface area contributed by atoms with Crippen molar-refractivity contribution < 1.29 is 22.7 Å². The van der Waals surface area contributed by atoms with Crippen molar-refractivity contribution in [3.8, 4) is 0 Å². The highest BCUT2D eigenvalue weighted by atomic mass is 19.3. The van der Waals surface area contributed by atoms with Crippen molar-refractivity contribution in [3.05, 3.63) is 0 Å². The number of hydrogen-bond donors (Lipinski definition) is 1. The molecule has 16 heavy (non-hydrogen) atoms. The van der Waals surface area contributed by atoms with Crippen molar-refractivity contribution in [1.82, 2.24) is 4.90 Å². The quantitative estimate of drug-likeness (QED) is 0.760. The van der Waals surface area contributed by atoms with Crippen molar-refractivity contribution in [2.45, 2.75) is 38.1 Å². The molecule has 0 aromatic carbocycles. The molecule has 1 unspecified atom stereocenters. The van der Waals surface area contributed by atoms with E-state index in [1.54, 1.807) is 6.92 Å². The summed E-state index contributed by atoms with van der Waals surface area (Å²) in [6.07, 6.45) is -5.58. The second kappa shape index (κ2) is 4.90. The standard InChI is InChI=1S/C9H15F3N2O2/c1-9(16-8(13)15)2-4-14(5-3-9)7(12)6(10)11/h6-7H,2-5H2,1H3,(H2,13,15). The van der Waals surface area contributed by atoms with Crippen LogP contribution in [0.5, 0.6) is 0 Å². The van der Waals surface area contributed by atoms with Crippen LogP contribution in [0.4, 0.5) is 18.0 Å². The Labute approximate surface area is 91.5 Å². The van der Waals surface area contributed by atoms with Crippen LogP contribution in [0.2, 0.25) is 0 Å². The van der Waals surface area contributed by atoms with Gasteiger partial charge >= 0.3 is 6.09 Å². The van der Waals surface area contributed by atoms with Crippen LogP contribution >= 0.6 is 0 Å². The predicted molar refractivity (Wildman–Crippen MR) is 50.8 cm³/mol. The predicted octanol–water partition coefficient (Wildman–Crippen LogP) is 1.50. The second-order valence-electron chi connectivity index (χ2n) is 4.11. The van der Waals surface area contributed by atoms with Crippen molar-refractivity contribution in [2.24, 2.45) is 5.73 Å². The molecule has 1 heterocycles. The van der Waals surface area contributed by atoms with E-state index in [0.717, 1.165) is 4.90 Å². The van der Waals surface area contributed by atoms with E-state index in [9.17, 15) is 18.0 Å². The molecule has 0 saturated carbocycles. The van der Waals surface area contributed by atoms with Gasteiger partial charge in [-0.25, -0.2) is 18.0 Å². The molecule has 1 rings (SSSR count). The molecule has 0 aliphatic carbocycles. The zero-order valence-electron chi connectivity index (χ0n) is 8.96. The van der Waals surface area contributed by atoms with E-state index in [1.807, 2.05) is 0 Å². The zero-order valence-corrected chi connectivity index (χ0v) is 8.96. The molecular weight excluding hydrogens is 225 g/mol. The molecule has 94 valence electrons. The lowest BCUT2D eigenvalue weighted by Crippen LogP contribution is -2.49. The van der Waals surface area contributed by atoms with Crippen LogP contribution in [0.3, 0.4) is 0 Å². The lowest BCUT2D eigenvalue weighted by Gasteiger charge is -2.39. The Morgan fingerprint density at radius 2 is 1.88 bits per heavy atom. The maximum absolute atomic E-state index is 13.0. The molecule has 1 aliphatic heterocycles. The number of likely N-dealkylation sites (tertiary alicyclic amines) is 1. The molecular formula is C9H15F3N2O2. The molecule has 1 amide bonds. The third-order valence-corrected chi connectivity index (χ3v) is 2.76. The summed E-state index contributed by atoms with van der Waals surface area (Å²) in [6, 6.07) is 0. The SMILES string of the molecule is CC1(OC(N)=O)CCN(C(F)C(F)F)CC1. The first-order valence-corrected chi connectivity index (χ1v) is 4.99. The summed E-state index contributed by atoms with van der Waals surface area (Å²) < 4.78 is 42.0. The number of piperidine rings is 1. The number of rotatable bonds is 3. The van der Waals surface area contributed by atoms with Gasteiger partial charge in [0.1, 0.15) is 5.60 Å². The largest absolute Gasteiger partial charge is 0.443 e. The number of nitrogens with two attached hydrogens (primary N) is 1. The van der Waals surface area contributed by atoms with Gasteiger partial charge in [-0.3, -0.25) is 4.90 Å². The Hall–Kier alpha value is -0.980. The molecule has 0 radical (unpaired) electrons. The van der Waals surface area contributed by atoms with E-state index in [4.69, 9.17) is 10.5 Å². The number of carbonyl (C=O) groups excluding carboxylic acids is 1. The van der Waals surface area contributed by atoms with Gasteiger partial charge in [0.15, 0.2) is 0 Å². The number of carbonyl (C=O) groups is 1. The van der Waals surface area contributed by atoms with E-state index in [0.29, 0.717) is 12.8 Å². The van der Waals surface area contributed by atoms with Crippen LogP contribution in [0.1, 0.15) is 19.8 Å². The number of amides is 1. The molecule has 1 fully saturated rings. The van der Waals surface area contributed by atoms with Gasteiger partial charge in [0, 0.05) is 13.1 Å². The molecule has 0 spiro atoms. The first-order chi connectivity index (χ1) is 7.34. The number of nitrogens with zero attached hydrogens (tertiary/aromatic N) is 1. The monoisotopic (exact) mass is 240 g/mol. The molecule has 1 saturated heterocycles. The highest BCUT2D eigenvalue weighted by molar-refractivity contribution is 5.65. The summed E-state index contributed by atoms with van der Waals surface area (Å²) in [5.74, 6) is 0. The van der Waals surface area contributed by atoms with E-state index in [-0.39, 0.29) is 13.1 Å². The molecule has 0 aromatic rings. The molecule has 1 aliphatic rings. The maximum Gasteiger partial charge on any atom is 0.405 e. The highest BCUT2D eigenvalue weighted by Crippen LogP contribution is 2.28. The topological polar surface area (TPSA) is 55.6 Å². The highest BCUT2D eigenvalue weighted by Gasteiger charge is 2.37. The van der Waals surface area contributed by atoms with E-state index in [1.165, 1.54) is 0 Å². The fourth-order valence-electron chi connectivity index (χ4n) is 1.75. The fourth-order valence-corrected chi connectivity index (χ4v) is 1.75. The molecule has 0 aromatic heterocycles. The maximum atomic E-state index is 13.0. The summed E-state index contributed by atoms with van der Waals surface area (Å²) in [4.78, 5) is 11.6. The molecule has 0 bridgehead atoms. The van der Waals surface area contributed by atoms with Crippen LogP contribution in [0.15, 0.2) is 0 Å². The van der Waals surface area contributed by atoms with E-state index in [2.05, 4.69) is 0 Å². The van der Waals surface area contributed by atoms with Crippen molar-refractivity contribution in [3.63, 3.8) is 0 Å². The van der Waals surface area contributed by atoms with Crippen LogP contribution < -0.4 is 5.73 Å². The average Bonchev–Trinajstić information content (AvgIpc) is 2.16. The molecule has 7 heteroatoms. The summed E-state index contributed by atoms with van der Waals surface area (Å²) in [5.41, 5.74) is 4.11. The van der Waals surface area contributed by atoms with Gasteiger partial charge in [-0.1, -0.05) is 0 Å². The summed E-state index contributed by atoms with van der Waals surface area (Å²) in [5, 5.41) is 0. The minimum absolute atomic E-state index is 0.120. The Bertz CT molecular complexity index is 255. The smallest absolute Gasteiger partial charge is 0.405 e. The summed E-state index contributed by atoms with van der Waals surface area (Å²) >= 11 is 0. The number of ether oxygens (including phenoxy) is 1. The minimum Gasteiger partial charge on any atom is -0.443 e. The summed E-state index contributed by atoms with van der Waals surface area (Å²) in [7, 11) is 0. The van der Waals surface area contributed by atoms with Gasteiger partial charge in [-0.2, -0.15) is 0 Å².